The first kappa shape index (κ1) is 13.4. The van der Waals surface area contributed by atoms with Crippen LogP contribution < -0.4 is 9.47 Å². The van der Waals surface area contributed by atoms with Crippen LogP contribution in [-0.4, -0.2) is 17.2 Å². The van der Waals surface area contributed by atoms with Crippen LogP contribution >= 0.6 is 15.9 Å². The van der Waals surface area contributed by atoms with Crippen LogP contribution in [0.25, 0.3) is 0 Å². The number of ether oxygens (including phenoxy) is 2. The Labute approximate surface area is 125 Å². The molecule has 2 aromatic rings. The number of aliphatic hydroxyl groups is 1. The molecule has 5 heteroatoms. The number of halogens is 1. The highest BCUT2D eigenvalue weighted by atomic mass is 79.9. The van der Waals surface area contributed by atoms with Gasteiger partial charge in [0.25, 0.3) is 0 Å². The third-order valence-corrected chi connectivity index (χ3v) is 3.81. The summed E-state index contributed by atoms with van der Waals surface area (Å²) in [4.78, 5) is 4.14. The van der Waals surface area contributed by atoms with Gasteiger partial charge in [-0.25, -0.2) is 0 Å². The highest BCUT2D eigenvalue weighted by Gasteiger charge is 2.28. The van der Waals surface area contributed by atoms with Gasteiger partial charge in [0.05, 0.1) is 13.2 Å². The van der Waals surface area contributed by atoms with E-state index in [4.69, 9.17) is 9.47 Å². The number of methoxy groups -OCH3 is 1. The standard InChI is InChI=1S/C15H14BrNO3/c1-19-11-2-3-14-12(5-11)13(18)6-15(20-14)9-4-10(16)8-17-7-9/h2-5,7-8,13,15,18H,6H2,1H3. The summed E-state index contributed by atoms with van der Waals surface area (Å²) in [5.41, 5.74) is 1.71. The zero-order valence-electron chi connectivity index (χ0n) is 10.9. The van der Waals surface area contributed by atoms with Crippen molar-refractivity contribution in [3.05, 3.63) is 52.3 Å². The van der Waals surface area contributed by atoms with E-state index in [0.29, 0.717) is 17.9 Å². The smallest absolute Gasteiger partial charge is 0.128 e. The lowest BCUT2D eigenvalue weighted by Crippen LogP contribution is -2.19. The molecule has 0 saturated carbocycles. The predicted molar refractivity (Wildman–Crippen MR) is 77.9 cm³/mol. The Kier molecular flexibility index (Phi) is 3.63. The summed E-state index contributed by atoms with van der Waals surface area (Å²) in [6.45, 7) is 0. The number of aromatic nitrogens is 1. The number of hydrogen-bond donors (Lipinski definition) is 1. The highest BCUT2D eigenvalue weighted by Crippen LogP contribution is 2.42. The summed E-state index contributed by atoms with van der Waals surface area (Å²) in [5.74, 6) is 1.41. The van der Waals surface area contributed by atoms with Gasteiger partial charge in [-0.15, -0.1) is 0 Å². The predicted octanol–water partition coefficient (Wildman–Crippen LogP) is 3.41. The zero-order valence-corrected chi connectivity index (χ0v) is 12.5. The average Bonchev–Trinajstić information content (AvgIpc) is 2.47. The number of benzene rings is 1. The molecule has 1 N–H and O–H groups in total. The molecule has 104 valence electrons. The summed E-state index contributed by atoms with van der Waals surface area (Å²) in [6, 6.07) is 7.43. The molecule has 2 heterocycles. The minimum absolute atomic E-state index is 0.198. The highest BCUT2D eigenvalue weighted by molar-refractivity contribution is 9.10. The molecule has 4 nitrogen and oxygen atoms in total. The molecule has 0 fully saturated rings. The molecule has 1 aromatic carbocycles. The number of aliphatic hydroxyl groups excluding tert-OH is 1. The molecular formula is C15H14BrNO3. The van der Waals surface area contributed by atoms with Gasteiger partial charge in [0, 0.05) is 34.4 Å². The third kappa shape index (κ3) is 2.51. The van der Waals surface area contributed by atoms with Crippen molar-refractivity contribution in [3.8, 4) is 11.5 Å². The van der Waals surface area contributed by atoms with Gasteiger partial charge in [0.1, 0.15) is 17.6 Å². The Morgan fingerprint density at radius 2 is 2.20 bits per heavy atom. The maximum Gasteiger partial charge on any atom is 0.128 e. The molecule has 2 unspecified atom stereocenters. The molecule has 20 heavy (non-hydrogen) atoms. The molecule has 0 bridgehead atoms. The van der Waals surface area contributed by atoms with Crippen molar-refractivity contribution in [2.45, 2.75) is 18.6 Å². The van der Waals surface area contributed by atoms with Crippen molar-refractivity contribution in [2.75, 3.05) is 7.11 Å². The Morgan fingerprint density at radius 1 is 1.35 bits per heavy atom. The lowest BCUT2D eigenvalue weighted by Gasteiger charge is -2.30. The lowest BCUT2D eigenvalue weighted by atomic mass is 9.95. The van der Waals surface area contributed by atoms with Crippen molar-refractivity contribution < 1.29 is 14.6 Å². The van der Waals surface area contributed by atoms with Crippen molar-refractivity contribution >= 4 is 15.9 Å². The van der Waals surface area contributed by atoms with Gasteiger partial charge in [-0.2, -0.15) is 0 Å². The summed E-state index contributed by atoms with van der Waals surface area (Å²) in [6.07, 6.45) is 3.21. The minimum atomic E-state index is -0.571. The minimum Gasteiger partial charge on any atom is -0.497 e. The van der Waals surface area contributed by atoms with E-state index < -0.39 is 6.10 Å². The second-order valence-corrected chi connectivity index (χ2v) is 5.61. The second-order valence-electron chi connectivity index (χ2n) is 4.70. The summed E-state index contributed by atoms with van der Waals surface area (Å²) in [5, 5.41) is 10.3. The van der Waals surface area contributed by atoms with E-state index in [1.807, 2.05) is 24.3 Å². The molecule has 2 atom stereocenters. The molecular weight excluding hydrogens is 322 g/mol. The van der Waals surface area contributed by atoms with Gasteiger partial charge in [-0.3, -0.25) is 4.98 Å². The van der Waals surface area contributed by atoms with E-state index in [9.17, 15) is 5.11 Å². The largest absolute Gasteiger partial charge is 0.497 e. The first-order valence-electron chi connectivity index (χ1n) is 6.30. The number of rotatable bonds is 2. The third-order valence-electron chi connectivity index (χ3n) is 3.38. The molecule has 0 aliphatic carbocycles. The molecule has 1 aliphatic rings. The Balaban J connectivity index is 1.93. The monoisotopic (exact) mass is 335 g/mol. The number of nitrogens with zero attached hydrogens (tertiary/aromatic N) is 1. The number of hydrogen-bond acceptors (Lipinski definition) is 4. The zero-order chi connectivity index (χ0) is 14.1. The van der Waals surface area contributed by atoms with E-state index in [-0.39, 0.29) is 6.10 Å². The van der Waals surface area contributed by atoms with Crippen LogP contribution in [0.1, 0.15) is 29.8 Å². The van der Waals surface area contributed by atoms with Crippen LogP contribution in [0.15, 0.2) is 41.1 Å². The SMILES string of the molecule is COc1ccc2c(c1)C(O)CC(c1cncc(Br)c1)O2. The Morgan fingerprint density at radius 3 is 2.95 bits per heavy atom. The van der Waals surface area contributed by atoms with Crippen molar-refractivity contribution in [3.63, 3.8) is 0 Å². The maximum atomic E-state index is 10.3. The van der Waals surface area contributed by atoms with E-state index >= 15 is 0 Å². The van der Waals surface area contributed by atoms with Crippen LogP contribution in [0.3, 0.4) is 0 Å². The van der Waals surface area contributed by atoms with Gasteiger partial charge >= 0.3 is 0 Å². The number of pyridine rings is 1. The fourth-order valence-corrected chi connectivity index (χ4v) is 2.74. The van der Waals surface area contributed by atoms with Gasteiger partial charge in [0.15, 0.2) is 0 Å². The molecule has 1 aromatic heterocycles. The van der Waals surface area contributed by atoms with Crippen molar-refractivity contribution in [1.29, 1.82) is 0 Å². The Bertz CT molecular complexity index is 632. The second kappa shape index (κ2) is 5.42. The van der Waals surface area contributed by atoms with Gasteiger partial charge < -0.3 is 14.6 Å². The topological polar surface area (TPSA) is 51.6 Å². The fraction of sp³-hybridized carbons (Fsp3) is 0.267. The number of fused-ring (bicyclic) bond motifs is 1. The molecule has 3 rings (SSSR count). The summed E-state index contributed by atoms with van der Waals surface area (Å²) >= 11 is 3.40. The van der Waals surface area contributed by atoms with Crippen LogP contribution in [0.4, 0.5) is 0 Å². The van der Waals surface area contributed by atoms with Gasteiger partial charge in [0.2, 0.25) is 0 Å². The molecule has 0 saturated heterocycles. The van der Waals surface area contributed by atoms with E-state index in [2.05, 4.69) is 20.9 Å². The van der Waals surface area contributed by atoms with Crippen molar-refractivity contribution in [2.24, 2.45) is 0 Å². The Hall–Kier alpha value is -1.59. The quantitative estimate of drug-likeness (QED) is 0.913. The van der Waals surface area contributed by atoms with Crippen LogP contribution in [-0.2, 0) is 0 Å². The lowest BCUT2D eigenvalue weighted by molar-refractivity contribution is 0.0653. The van der Waals surface area contributed by atoms with Gasteiger partial charge in [-0.05, 0) is 40.2 Å². The van der Waals surface area contributed by atoms with E-state index in [1.165, 1.54) is 0 Å². The first-order valence-corrected chi connectivity index (χ1v) is 7.10. The first-order chi connectivity index (χ1) is 9.67. The van der Waals surface area contributed by atoms with E-state index in [0.717, 1.165) is 15.6 Å². The van der Waals surface area contributed by atoms with Gasteiger partial charge in [-0.1, -0.05) is 0 Å². The van der Waals surface area contributed by atoms with Crippen molar-refractivity contribution in [1.82, 2.24) is 4.98 Å². The molecule has 0 radical (unpaired) electrons. The summed E-state index contributed by atoms with van der Waals surface area (Å²) < 4.78 is 12.0. The average molecular weight is 336 g/mol. The van der Waals surface area contributed by atoms with E-state index in [1.54, 1.807) is 19.5 Å². The fourth-order valence-electron chi connectivity index (χ4n) is 2.36. The molecule has 0 amide bonds. The maximum absolute atomic E-state index is 10.3. The molecule has 0 spiro atoms. The van der Waals surface area contributed by atoms with Crippen LogP contribution in [0.2, 0.25) is 0 Å². The summed E-state index contributed by atoms with van der Waals surface area (Å²) in [7, 11) is 1.60. The van der Waals surface area contributed by atoms with Crippen LogP contribution in [0, 0.1) is 0 Å². The normalized spacial score (nSPS) is 20.9. The molecule has 1 aliphatic heterocycles. The van der Waals surface area contributed by atoms with Crippen LogP contribution in [0.5, 0.6) is 11.5 Å².